The van der Waals surface area contributed by atoms with Crippen LogP contribution in [-0.4, -0.2) is 77.6 Å². The van der Waals surface area contributed by atoms with Crippen LogP contribution in [0.2, 0.25) is 0 Å². The van der Waals surface area contributed by atoms with E-state index in [9.17, 15) is 19.2 Å². The number of aryl methyl sites for hydroxylation is 1. The van der Waals surface area contributed by atoms with Crippen molar-refractivity contribution < 1.29 is 19.2 Å². The Bertz CT molecular complexity index is 925. The van der Waals surface area contributed by atoms with Crippen molar-refractivity contribution in [3.63, 3.8) is 0 Å². The fourth-order valence-corrected chi connectivity index (χ4v) is 4.95. The molecule has 8 nitrogen and oxygen atoms in total. The third-order valence-corrected chi connectivity index (χ3v) is 6.91. The molecule has 1 aliphatic carbocycles. The van der Waals surface area contributed by atoms with Crippen LogP contribution in [-0.2, 0) is 25.6 Å². The summed E-state index contributed by atoms with van der Waals surface area (Å²) in [4.78, 5) is 55.4. The lowest BCUT2D eigenvalue weighted by atomic mass is 9.85. The van der Waals surface area contributed by atoms with Crippen LogP contribution in [0.25, 0.3) is 0 Å². The highest BCUT2D eigenvalue weighted by Crippen LogP contribution is 2.35. The van der Waals surface area contributed by atoms with Gasteiger partial charge in [-0.1, -0.05) is 37.3 Å². The molecule has 0 spiro atoms. The van der Waals surface area contributed by atoms with E-state index in [1.807, 2.05) is 41.3 Å². The minimum atomic E-state index is -0.253. The lowest BCUT2D eigenvalue weighted by Crippen LogP contribution is -2.51. The number of carbonyl (C=O) groups excluding carboxylic acids is 4. The number of likely N-dealkylation sites (tertiary alicyclic amines) is 1. The first-order valence-corrected chi connectivity index (χ1v) is 11.9. The predicted octanol–water partition coefficient (Wildman–Crippen LogP) is 1.67. The zero-order chi connectivity index (χ0) is 23.4. The average Bonchev–Trinajstić information content (AvgIpc) is 3.08. The van der Waals surface area contributed by atoms with E-state index < -0.39 is 0 Å². The topological polar surface area (TPSA) is 90.0 Å². The Hall–Kier alpha value is -3.00. The van der Waals surface area contributed by atoms with Gasteiger partial charge >= 0.3 is 0 Å². The Morgan fingerprint density at radius 2 is 1.61 bits per heavy atom. The van der Waals surface area contributed by atoms with Crippen LogP contribution in [0.3, 0.4) is 0 Å². The van der Waals surface area contributed by atoms with Crippen molar-refractivity contribution in [2.45, 2.75) is 32.6 Å². The van der Waals surface area contributed by atoms with Gasteiger partial charge in [-0.3, -0.25) is 29.0 Å². The van der Waals surface area contributed by atoms with E-state index in [1.54, 1.807) is 4.90 Å². The Kier molecular flexibility index (Phi) is 7.23. The molecule has 33 heavy (non-hydrogen) atoms. The Balaban J connectivity index is 1.20. The number of hydrogen-bond acceptors (Lipinski definition) is 5. The molecule has 2 saturated heterocycles. The molecule has 2 unspecified atom stereocenters. The van der Waals surface area contributed by atoms with Crippen molar-refractivity contribution in [3.05, 3.63) is 42.0 Å². The van der Waals surface area contributed by atoms with Crippen molar-refractivity contribution in [1.82, 2.24) is 14.7 Å². The molecule has 0 radical (unpaired) electrons. The molecule has 2 atom stereocenters. The molecule has 1 aromatic rings. The van der Waals surface area contributed by atoms with Crippen LogP contribution in [0.4, 0.5) is 5.69 Å². The second kappa shape index (κ2) is 10.3. The van der Waals surface area contributed by atoms with Gasteiger partial charge in [0, 0.05) is 44.8 Å². The Morgan fingerprint density at radius 1 is 0.970 bits per heavy atom. The quantitative estimate of drug-likeness (QED) is 0.502. The molecule has 0 saturated carbocycles. The van der Waals surface area contributed by atoms with Gasteiger partial charge in [0.15, 0.2) is 0 Å². The van der Waals surface area contributed by atoms with Crippen LogP contribution in [0.1, 0.15) is 31.7 Å². The maximum atomic E-state index is 12.7. The molecule has 2 heterocycles. The van der Waals surface area contributed by atoms with Gasteiger partial charge in [-0.05, 0) is 30.9 Å². The fraction of sp³-hybridized carbons (Fsp3) is 0.520. The summed E-state index contributed by atoms with van der Waals surface area (Å²) in [6.07, 6.45) is 6.15. The van der Waals surface area contributed by atoms with Crippen molar-refractivity contribution in [1.29, 1.82) is 0 Å². The SMILES string of the molecule is CCc1ccccc1NC(=O)CN1CCN(C(=O)CCN2C(=O)C3CC=CCC3C2=O)CC1. The van der Waals surface area contributed by atoms with Crippen molar-refractivity contribution >= 4 is 29.3 Å². The number of hydrogen-bond donors (Lipinski definition) is 1. The first-order valence-electron chi connectivity index (χ1n) is 11.9. The molecule has 176 valence electrons. The minimum Gasteiger partial charge on any atom is -0.340 e. The molecule has 2 fully saturated rings. The molecule has 0 aromatic heterocycles. The summed E-state index contributed by atoms with van der Waals surface area (Å²) in [5, 5.41) is 2.99. The van der Waals surface area contributed by atoms with Gasteiger partial charge in [-0.2, -0.15) is 0 Å². The summed E-state index contributed by atoms with van der Waals surface area (Å²) in [5.41, 5.74) is 1.95. The number of piperazine rings is 1. The van der Waals surface area contributed by atoms with Crippen molar-refractivity contribution in [2.24, 2.45) is 11.8 Å². The van der Waals surface area contributed by atoms with Crippen molar-refractivity contribution in [2.75, 3.05) is 44.6 Å². The number of carbonyl (C=O) groups is 4. The Morgan fingerprint density at radius 3 is 2.24 bits per heavy atom. The number of nitrogens with one attached hydrogen (secondary N) is 1. The molecule has 0 bridgehead atoms. The highest BCUT2D eigenvalue weighted by atomic mass is 16.2. The van der Waals surface area contributed by atoms with Crippen LogP contribution in [0.5, 0.6) is 0 Å². The maximum Gasteiger partial charge on any atom is 0.238 e. The highest BCUT2D eigenvalue weighted by Gasteiger charge is 2.47. The first kappa shape index (κ1) is 23.2. The van der Waals surface area contributed by atoms with Crippen LogP contribution >= 0.6 is 0 Å². The van der Waals surface area contributed by atoms with Gasteiger partial charge in [0.25, 0.3) is 0 Å². The van der Waals surface area contributed by atoms with E-state index in [2.05, 4.69) is 12.2 Å². The van der Waals surface area contributed by atoms with Crippen LogP contribution < -0.4 is 5.32 Å². The number of allylic oxidation sites excluding steroid dienone is 2. The molecule has 1 N–H and O–H groups in total. The largest absolute Gasteiger partial charge is 0.340 e. The van der Waals surface area contributed by atoms with E-state index in [1.165, 1.54) is 4.90 Å². The number of rotatable bonds is 7. The van der Waals surface area contributed by atoms with E-state index in [0.717, 1.165) is 17.7 Å². The lowest BCUT2D eigenvalue weighted by Gasteiger charge is -2.34. The van der Waals surface area contributed by atoms with E-state index in [0.29, 0.717) is 39.0 Å². The number of para-hydroxylation sites is 1. The summed E-state index contributed by atoms with van der Waals surface area (Å²) >= 11 is 0. The molecular weight excluding hydrogens is 420 g/mol. The monoisotopic (exact) mass is 452 g/mol. The molecular formula is C25H32N4O4. The van der Waals surface area contributed by atoms with Crippen molar-refractivity contribution in [3.8, 4) is 0 Å². The fourth-order valence-electron chi connectivity index (χ4n) is 4.95. The Labute approximate surface area is 194 Å². The minimum absolute atomic E-state index is 0.0513. The van der Waals surface area contributed by atoms with Gasteiger partial charge in [-0.25, -0.2) is 0 Å². The molecule has 4 amide bonds. The van der Waals surface area contributed by atoms with Gasteiger partial charge in [0.05, 0.1) is 18.4 Å². The number of nitrogens with zero attached hydrogens (tertiary/aromatic N) is 3. The number of imide groups is 1. The summed E-state index contributed by atoms with van der Waals surface area (Å²) in [6, 6.07) is 7.79. The van der Waals surface area contributed by atoms with E-state index in [4.69, 9.17) is 0 Å². The standard InChI is InChI=1S/C25H32N4O4/c1-2-18-7-3-6-10-21(18)26-22(30)17-27-13-15-28(16-14-27)23(31)11-12-29-24(32)19-8-4-5-9-20(19)25(29)33/h3-7,10,19-20H,2,8-9,11-17H2,1H3,(H,26,30). The summed E-state index contributed by atoms with van der Waals surface area (Å²) in [7, 11) is 0. The number of benzene rings is 1. The first-order chi connectivity index (χ1) is 16.0. The molecule has 3 aliphatic rings. The average molecular weight is 453 g/mol. The molecule has 8 heteroatoms. The number of anilines is 1. The predicted molar refractivity (Wildman–Crippen MR) is 124 cm³/mol. The third-order valence-electron chi connectivity index (χ3n) is 6.91. The summed E-state index contributed by atoms with van der Waals surface area (Å²) in [6.45, 7) is 4.80. The van der Waals surface area contributed by atoms with Gasteiger partial charge in [0.1, 0.15) is 0 Å². The number of amides is 4. The van der Waals surface area contributed by atoms with Gasteiger partial charge in [0.2, 0.25) is 23.6 Å². The molecule has 4 rings (SSSR count). The lowest BCUT2D eigenvalue weighted by molar-refractivity contribution is -0.141. The maximum absolute atomic E-state index is 12.7. The zero-order valence-corrected chi connectivity index (χ0v) is 19.2. The third kappa shape index (κ3) is 5.16. The van der Waals surface area contributed by atoms with Gasteiger partial charge in [-0.15, -0.1) is 0 Å². The molecule has 2 aliphatic heterocycles. The summed E-state index contributed by atoms with van der Waals surface area (Å²) in [5.74, 6) is -0.888. The zero-order valence-electron chi connectivity index (χ0n) is 19.2. The number of fused-ring (bicyclic) bond motifs is 1. The highest BCUT2D eigenvalue weighted by molar-refractivity contribution is 6.05. The normalized spacial score (nSPS) is 23.1. The summed E-state index contributed by atoms with van der Waals surface area (Å²) < 4.78 is 0. The second-order valence-electron chi connectivity index (χ2n) is 8.95. The second-order valence-corrected chi connectivity index (χ2v) is 8.95. The van der Waals surface area contributed by atoms with Gasteiger partial charge < -0.3 is 10.2 Å². The smallest absolute Gasteiger partial charge is 0.238 e. The van der Waals surface area contributed by atoms with E-state index >= 15 is 0 Å². The van der Waals surface area contributed by atoms with Crippen LogP contribution in [0, 0.1) is 11.8 Å². The van der Waals surface area contributed by atoms with E-state index in [-0.39, 0.29) is 55.0 Å². The molecule has 1 aromatic carbocycles. The van der Waals surface area contributed by atoms with Crippen LogP contribution in [0.15, 0.2) is 36.4 Å².